The molecule has 5 aromatic rings. The fraction of sp³-hybridized carbons (Fsp3) is 0.406. The fourth-order valence-corrected chi connectivity index (χ4v) is 4.76. The number of pyridine rings is 2. The maximum Gasteiger partial charge on any atom is 0.306 e. The molecule has 42 heavy (non-hydrogen) atoms. The number of carbonyl (C=O) groups excluding carboxylic acids is 2. The van der Waals surface area contributed by atoms with Gasteiger partial charge < -0.3 is 18.9 Å². The van der Waals surface area contributed by atoms with E-state index in [-0.39, 0.29) is 5.97 Å². The third-order valence-electron chi connectivity index (χ3n) is 6.86. The number of ether oxygens (including phenoxy) is 1. The molecule has 10 heteroatoms. The van der Waals surface area contributed by atoms with Gasteiger partial charge in [0.2, 0.25) is 6.41 Å². The van der Waals surface area contributed by atoms with Crippen LogP contribution in [0.5, 0.6) is 0 Å². The largest absolute Gasteiger partial charge is 0.466 e. The molecule has 1 saturated carbocycles. The molecule has 1 aliphatic carbocycles. The van der Waals surface area contributed by atoms with E-state index in [0.29, 0.717) is 44.9 Å². The predicted octanol–water partition coefficient (Wildman–Crippen LogP) is 5.18. The highest BCUT2D eigenvalue weighted by molar-refractivity contribution is 5.70. The molecule has 1 fully saturated rings. The molecule has 10 nitrogen and oxygen atoms in total. The third kappa shape index (κ3) is 7.84. The summed E-state index contributed by atoms with van der Waals surface area (Å²) < 4.78 is 11.0. The van der Waals surface area contributed by atoms with Crippen molar-refractivity contribution in [1.82, 2.24) is 33.9 Å². The van der Waals surface area contributed by atoms with Crippen LogP contribution in [0.15, 0.2) is 55.5 Å². The van der Waals surface area contributed by atoms with Crippen LogP contribution in [0.3, 0.4) is 0 Å². The maximum atomic E-state index is 11.8. The minimum atomic E-state index is -0.152. The molecule has 0 unspecified atom stereocenters. The average Bonchev–Trinajstić information content (AvgIpc) is 3.46. The molecule has 6 rings (SSSR count). The number of hydrogen-bond acceptors (Lipinski definition) is 6. The molecule has 0 bridgehead atoms. The SMILES string of the molecule is CC.CCOC(=O)CCc1cc(C2CC2)cn2cc(Cn3cc(C)cn3)nc12.Cc1ccn2cnc(CNC=O)c2c1. The van der Waals surface area contributed by atoms with Gasteiger partial charge in [0.05, 0.1) is 49.1 Å². The van der Waals surface area contributed by atoms with Crippen molar-refractivity contribution >= 4 is 23.5 Å². The number of esters is 1. The molecule has 0 radical (unpaired) electrons. The summed E-state index contributed by atoms with van der Waals surface area (Å²) in [4.78, 5) is 31.0. The van der Waals surface area contributed by atoms with Crippen molar-refractivity contribution in [2.24, 2.45) is 0 Å². The lowest BCUT2D eigenvalue weighted by atomic mass is 10.1. The molecular formula is C32H41N7O3. The Morgan fingerprint density at radius 1 is 1.12 bits per heavy atom. The van der Waals surface area contributed by atoms with Gasteiger partial charge in [-0.2, -0.15) is 5.10 Å². The van der Waals surface area contributed by atoms with E-state index in [1.807, 2.05) is 68.4 Å². The Balaban J connectivity index is 0.000000214. The first kappa shape index (κ1) is 30.5. The zero-order chi connectivity index (χ0) is 30.1. The van der Waals surface area contributed by atoms with E-state index in [9.17, 15) is 9.59 Å². The van der Waals surface area contributed by atoms with Crippen LogP contribution in [0, 0.1) is 13.8 Å². The van der Waals surface area contributed by atoms with Gasteiger partial charge in [-0.05, 0) is 80.3 Å². The number of hydrogen-bond donors (Lipinski definition) is 1. The number of aromatic nitrogens is 6. The summed E-state index contributed by atoms with van der Waals surface area (Å²) in [6, 6.07) is 6.29. The summed E-state index contributed by atoms with van der Waals surface area (Å²) in [5.41, 5.74) is 8.61. The number of aryl methyl sites for hydroxylation is 3. The summed E-state index contributed by atoms with van der Waals surface area (Å²) in [6.07, 6.45) is 16.1. The molecular weight excluding hydrogens is 530 g/mol. The Kier molecular flexibility index (Phi) is 10.5. The van der Waals surface area contributed by atoms with Gasteiger partial charge in [-0.25, -0.2) is 9.97 Å². The first-order chi connectivity index (χ1) is 20.4. The minimum absolute atomic E-state index is 0.152. The molecule has 0 atom stereocenters. The Hall–Kier alpha value is -4.47. The first-order valence-electron chi connectivity index (χ1n) is 14.7. The topological polar surface area (TPSA) is 108 Å². The minimum Gasteiger partial charge on any atom is -0.466 e. The van der Waals surface area contributed by atoms with Gasteiger partial charge in [0.1, 0.15) is 5.65 Å². The van der Waals surface area contributed by atoms with E-state index in [2.05, 4.69) is 44.3 Å². The lowest BCUT2D eigenvalue weighted by Crippen LogP contribution is -2.10. The molecule has 5 heterocycles. The van der Waals surface area contributed by atoms with E-state index in [0.717, 1.165) is 33.7 Å². The van der Waals surface area contributed by atoms with Crippen LogP contribution < -0.4 is 5.32 Å². The van der Waals surface area contributed by atoms with Gasteiger partial charge in [-0.15, -0.1) is 0 Å². The number of fused-ring (bicyclic) bond motifs is 2. The van der Waals surface area contributed by atoms with Crippen molar-refractivity contribution in [2.45, 2.75) is 79.3 Å². The summed E-state index contributed by atoms with van der Waals surface area (Å²) in [6.45, 7) is 11.4. The van der Waals surface area contributed by atoms with Crippen LogP contribution in [-0.4, -0.2) is 47.5 Å². The van der Waals surface area contributed by atoms with Crippen molar-refractivity contribution in [3.8, 4) is 0 Å². The molecule has 1 aliphatic rings. The number of nitrogens with one attached hydrogen (secondary N) is 1. The van der Waals surface area contributed by atoms with Crippen molar-refractivity contribution in [1.29, 1.82) is 0 Å². The van der Waals surface area contributed by atoms with Crippen LogP contribution in [0.4, 0.5) is 0 Å². The van der Waals surface area contributed by atoms with E-state index in [4.69, 9.17) is 9.72 Å². The van der Waals surface area contributed by atoms with Gasteiger partial charge in [0.25, 0.3) is 0 Å². The van der Waals surface area contributed by atoms with Crippen LogP contribution in [0.1, 0.15) is 79.6 Å². The van der Waals surface area contributed by atoms with Gasteiger partial charge in [-0.3, -0.25) is 14.3 Å². The molecule has 0 saturated heterocycles. The van der Waals surface area contributed by atoms with Gasteiger partial charge >= 0.3 is 5.97 Å². The highest BCUT2D eigenvalue weighted by Crippen LogP contribution is 2.40. The van der Waals surface area contributed by atoms with Crippen molar-refractivity contribution < 1.29 is 14.3 Å². The summed E-state index contributed by atoms with van der Waals surface area (Å²) >= 11 is 0. The second-order valence-corrected chi connectivity index (χ2v) is 10.2. The quantitative estimate of drug-likeness (QED) is 0.183. The predicted molar refractivity (Wildman–Crippen MR) is 162 cm³/mol. The van der Waals surface area contributed by atoms with Crippen LogP contribution in [0.2, 0.25) is 0 Å². The Labute approximate surface area is 246 Å². The van der Waals surface area contributed by atoms with Gasteiger partial charge in [-0.1, -0.05) is 19.9 Å². The van der Waals surface area contributed by atoms with Crippen LogP contribution in [-0.2, 0) is 33.8 Å². The lowest BCUT2D eigenvalue weighted by Gasteiger charge is -2.07. The van der Waals surface area contributed by atoms with Crippen LogP contribution in [0.25, 0.3) is 11.2 Å². The van der Waals surface area contributed by atoms with Crippen LogP contribution >= 0.6 is 0 Å². The second-order valence-electron chi connectivity index (χ2n) is 10.2. The normalized spacial score (nSPS) is 12.3. The Morgan fingerprint density at radius 3 is 2.62 bits per heavy atom. The number of amides is 1. The molecule has 5 aromatic heterocycles. The first-order valence-corrected chi connectivity index (χ1v) is 14.7. The molecule has 222 valence electrons. The zero-order valence-electron chi connectivity index (χ0n) is 25.2. The molecule has 1 amide bonds. The van der Waals surface area contributed by atoms with Crippen molar-refractivity contribution in [2.75, 3.05) is 6.61 Å². The average molecular weight is 572 g/mol. The lowest BCUT2D eigenvalue weighted by molar-refractivity contribution is -0.143. The molecule has 0 aromatic carbocycles. The highest BCUT2D eigenvalue weighted by Gasteiger charge is 2.25. The monoisotopic (exact) mass is 571 g/mol. The Bertz CT molecular complexity index is 1630. The van der Waals surface area contributed by atoms with E-state index >= 15 is 0 Å². The standard InChI is InChI=1S/C20H24N4O2.C10H11N3O.C2H6/c1-3-26-19(25)7-6-16-8-17(15-4-5-15)11-23-12-18(22-20(16)23)13-24-10-14(2)9-21-24;1-8-2-3-13-6-12-9(5-11-7-14)10(13)4-8;1-2/h8-12,15H,3-7,13H2,1-2H3;2-4,6-7H,5H2,1H3,(H,11,14);1-2H3. The second kappa shape index (κ2) is 14.4. The summed E-state index contributed by atoms with van der Waals surface area (Å²) in [7, 11) is 0. The summed E-state index contributed by atoms with van der Waals surface area (Å²) in [5.74, 6) is 0.502. The molecule has 0 spiro atoms. The van der Waals surface area contributed by atoms with E-state index in [1.54, 1.807) is 6.33 Å². The number of nitrogens with zero attached hydrogens (tertiary/aromatic N) is 6. The van der Waals surface area contributed by atoms with Crippen molar-refractivity contribution in [3.05, 3.63) is 89.2 Å². The fourth-order valence-electron chi connectivity index (χ4n) is 4.76. The summed E-state index contributed by atoms with van der Waals surface area (Å²) in [5, 5.41) is 6.95. The third-order valence-corrected chi connectivity index (χ3v) is 6.86. The Morgan fingerprint density at radius 2 is 1.93 bits per heavy atom. The highest BCUT2D eigenvalue weighted by atomic mass is 16.5. The maximum absolute atomic E-state index is 11.8. The van der Waals surface area contributed by atoms with E-state index < -0.39 is 0 Å². The van der Waals surface area contributed by atoms with Gasteiger partial charge in [0, 0.05) is 31.2 Å². The molecule has 0 aliphatic heterocycles. The zero-order valence-corrected chi connectivity index (χ0v) is 25.2. The van der Waals surface area contributed by atoms with Crippen molar-refractivity contribution in [3.63, 3.8) is 0 Å². The number of carbonyl (C=O) groups is 2. The van der Waals surface area contributed by atoms with Gasteiger partial charge in [0.15, 0.2) is 0 Å². The molecule has 1 N–H and O–H groups in total. The smallest absolute Gasteiger partial charge is 0.306 e. The number of rotatable bonds is 10. The number of imidazole rings is 2. The van der Waals surface area contributed by atoms with E-state index in [1.165, 1.54) is 24.0 Å².